The van der Waals surface area contributed by atoms with Crippen molar-refractivity contribution in [1.29, 1.82) is 0 Å². The Balaban J connectivity index is 2.12. The minimum absolute atomic E-state index is 0.375. The van der Waals surface area contributed by atoms with Gasteiger partial charge in [0.2, 0.25) is 0 Å². The first-order valence-corrected chi connectivity index (χ1v) is 6.41. The number of methoxy groups -OCH3 is 1. The number of hydrogen-bond acceptors (Lipinski definition) is 6. The molecule has 0 spiro atoms. The molecule has 6 nitrogen and oxygen atoms in total. The van der Waals surface area contributed by atoms with Crippen molar-refractivity contribution in [3.63, 3.8) is 0 Å². The van der Waals surface area contributed by atoms with Crippen LogP contribution in [0.15, 0.2) is 0 Å². The molecule has 0 aromatic carbocycles. The molecule has 0 bridgehead atoms. The molecule has 1 aromatic rings. The van der Waals surface area contributed by atoms with Gasteiger partial charge in [0.05, 0.1) is 12.8 Å². The molecular weight excluding hydrogens is 256 g/mol. The van der Waals surface area contributed by atoms with Crippen LogP contribution in [0.25, 0.3) is 0 Å². The van der Waals surface area contributed by atoms with Gasteiger partial charge >= 0.3 is 11.9 Å². The Labute approximate surface area is 108 Å². The molecule has 2 rings (SSSR count). The third-order valence-corrected chi connectivity index (χ3v) is 3.97. The van der Waals surface area contributed by atoms with Gasteiger partial charge in [-0.05, 0) is 19.8 Å². The fourth-order valence-corrected chi connectivity index (χ4v) is 3.08. The van der Waals surface area contributed by atoms with Crippen LogP contribution >= 0.6 is 11.3 Å². The summed E-state index contributed by atoms with van der Waals surface area (Å²) in [5, 5.41) is 12.5. The molecule has 2 atom stereocenters. The molecule has 1 aliphatic rings. The van der Waals surface area contributed by atoms with Gasteiger partial charge in [-0.1, -0.05) is 0 Å². The molecule has 0 saturated heterocycles. The largest absolute Gasteiger partial charge is 0.481 e. The third-order valence-electron chi connectivity index (χ3n) is 2.91. The smallest absolute Gasteiger partial charge is 0.328 e. The zero-order valence-corrected chi connectivity index (χ0v) is 10.9. The van der Waals surface area contributed by atoms with Crippen LogP contribution in [-0.2, 0) is 20.7 Å². The number of hydrogen-bond donors (Lipinski definition) is 2. The monoisotopic (exact) mass is 270 g/mol. The number of nitrogens with zero attached hydrogens (tertiary/aromatic N) is 1. The molecule has 0 radical (unpaired) electrons. The van der Waals surface area contributed by atoms with Crippen molar-refractivity contribution in [2.45, 2.75) is 31.7 Å². The SMILES string of the molecule is COC(=O)C(C)Nc1nc2c(s1)CCC2C(=O)O. The van der Waals surface area contributed by atoms with Crippen molar-refractivity contribution in [3.8, 4) is 0 Å². The van der Waals surface area contributed by atoms with E-state index < -0.39 is 17.9 Å². The molecule has 0 fully saturated rings. The van der Waals surface area contributed by atoms with Gasteiger partial charge in [-0.2, -0.15) is 0 Å². The van der Waals surface area contributed by atoms with Gasteiger partial charge in [-0.3, -0.25) is 4.79 Å². The van der Waals surface area contributed by atoms with Crippen LogP contribution < -0.4 is 5.32 Å². The molecule has 0 aliphatic heterocycles. The summed E-state index contributed by atoms with van der Waals surface area (Å²) < 4.78 is 4.60. The van der Waals surface area contributed by atoms with Gasteiger partial charge in [-0.25, -0.2) is 9.78 Å². The van der Waals surface area contributed by atoms with Crippen molar-refractivity contribution < 1.29 is 19.4 Å². The minimum Gasteiger partial charge on any atom is -0.481 e. The van der Waals surface area contributed by atoms with Crippen LogP contribution in [0.4, 0.5) is 5.13 Å². The van der Waals surface area contributed by atoms with Crippen LogP contribution in [0.3, 0.4) is 0 Å². The number of thiazole rings is 1. The summed E-state index contributed by atoms with van der Waals surface area (Å²) in [4.78, 5) is 27.5. The van der Waals surface area contributed by atoms with Gasteiger partial charge in [0.1, 0.15) is 12.0 Å². The lowest BCUT2D eigenvalue weighted by molar-refractivity contribution is -0.141. The van der Waals surface area contributed by atoms with E-state index in [4.69, 9.17) is 5.11 Å². The van der Waals surface area contributed by atoms with E-state index in [-0.39, 0.29) is 5.97 Å². The molecule has 0 amide bonds. The summed E-state index contributed by atoms with van der Waals surface area (Å²) in [6.07, 6.45) is 1.34. The zero-order chi connectivity index (χ0) is 13.3. The van der Waals surface area contributed by atoms with Crippen molar-refractivity contribution in [1.82, 2.24) is 4.98 Å². The van der Waals surface area contributed by atoms with Gasteiger partial charge in [0.15, 0.2) is 5.13 Å². The molecule has 2 N–H and O–H groups in total. The maximum Gasteiger partial charge on any atom is 0.328 e. The Kier molecular flexibility index (Phi) is 3.51. The lowest BCUT2D eigenvalue weighted by Crippen LogP contribution is -2.27. The van der Waals surface area contributed by atoms with Crippen molar-refractivity contribution in [3.05, 3.63) is 10.6 Å². The highest BCUT2D eigenvalue weighted by Crippen LogP contribution is 2.38. The topological polar surface area (TPSA) is 88.5 Å². The van der Waals surface area contributed by atoms with Crippen LogP contribution in [0.5, 0.6) is 0 Å². The highest BCUT2D eigenvalue weighted by Gasteiger charge is 2.32. The maximum absolute atomic E-state index is 11.3. The second kappa shape index (κ2) is 4.93. The average Bonchev–Trinajstić information content (AvgIpc) is 2.86. The Morgan fingerprint density at radius 1 is 1.61 bits per heavy atom. The van der Waals surface area contributed by atoms with E-state index in [1.54, 1.807) is 6.92 Å². The third kappa shape index (κ3) is 2.31. The first-order chi connectivity index (χ1) is 8.52. The fraction of sp³-hybridized carbons (Fsp3) is 0.545. The van der Waals surface area contributed by atoms with Gasteiger partial charge in [0.25, 0.3) is 0 Å². The number of aryl methyl sites for hydroxylation is 1. The normalized spacial score (nSPS) is 19.1. The van der Waals surface area contributed by atoms with Crippen LogP contribution in [-0.4, -0.2) is 35.2 Å². The Bertz CT molecular complexity index is 485. The molecule has 98 valence electrons. The maximum atomic E-state index is 11.3. The molecule has 1 heterocycles. The quantitative estimate of drug-likeness (QED) is 0.800. The van der Waals surface area contributed by atoms with Crippen molar-refractivity contribution >= 4 is 28.4 Å². The number of carbonyl (C=O) groups is 2. The zero-order valence-electron chi connectivity index (χ0n) is 10.1. The van der Waals surface area contributed by atoms with E-state index in [1.165, 1.54) is 18.4 Å². The number of aromatic nitrogens is 1. The number of rotatable bonds is 4. The van der Waals surface area contributed by atoms with Crippen molar-refractivity contribution in [2.24, 2.45) is 0 Å². The molecule has 7 heteroatoms. The van der Waals surface area contributed by atoms with E-state index in [9.17, 15) is 9.59 Å². The number of ether oxygens (including phenoxy) is 1. The van der Waals surface area contributed by atoms with Crippen molar-refractivity contribution in [2.75, 3.05) is 12.4 Å². The number of fused-ring (bicyclic) bond motifs is 1. The average molecular weight is 270 g/mol. The van der Waals surface area contributed by atoms with Gasteiger partial charge < -0.3 is 15.2 Å². The minimum atomic E-state index is -0.841. The number of nitrogens with one attached hydrogen (secondary N) is 1. The van der Waals surface area contributed by atoms with Gasteiger partial charge in [0, 0.05) is 4.88 Å². The lowest BCUT2D eigenvalue weighted by Gasteiger charge is -2.10. The highest BCUT2D eigenvalue weighted by atomic mass is 32.1. The van der Waals surface area contributed by atoms with E-state index in [0.717, 1.165) is 11.3 Å². The van der Waals surface area contributed by atoms with Gasteiger partial charge in [-0.15, -0.1) is 11.3 Å². The summed E-state index contributed by atoms with van der Waals surface area (Å²) in [5.74, 6) is -1.73. The van der Waals surface area contributed by atoms with E-state index in [1.807, 2.05) is 0 Å². The summed E-state index contributed by atoms with van der Waals surface area (Å²) >= 11 is 1.41. The van der Waals surface area contributed by atoms with E-state index in [0.29, 0.717) is 17.2 Å². The molecule has 1 aliphatic carbocycles. The fourth-order valence-electron chi connectivity index (χ4n) is 1.95. The molecule has 0 saturated carbocycles. The number of aliphatic carboxylic acids is 1. The number of anilines is 1. The van der Waals surface area contributed by atoms with E-state index >= 15 is 0 Å². The number of carbonyl (C=O) groups excluding carboxylic acids is 1. The second-order valence-corrected chi connectivity index (χ2v) is 5.23. The van der Waals surface area contributed by atoms with Crippen LogP contribution in [0.2, 0.25) is 0 Å². The van der Waals surface area contributed by atoms with E-state index in [2.05, 4.69) is 15.0 Å². The predicted molar refractivity (Wildman–Crippen MR) is 65.9 cm³/mol. The predicted octanol–water partition coefficient (Wildman–Crippen LogP) is 1.23. The Morgan fingerprint density at radius 2 is 2.33 bits per heavy atom. The number of esters is 1. The lowest BCUT2D eigenvalue weighted by atomic mass is 10.1. The summed E-state index contributed by atoms with van der Waals surface area (Å²) in [6, 6.07) is -0.496. The summed E-state index contributed by atoms with van der Waals surface area (Å²) in [5.41, 5.74) is 0.632. The second-order valence-electron chi connectivity index (χ2n) is 4.15. The first-order valence-electron chi connectivity index (χ1n) is 5.59. The highest BCUT2D eigenvalue weighted by molar-refractivity contribution is 7.15. The van der Waals surface area contributed by atoms with Crippen LogP contribution in [0.1, 0.15) is 29.8 Å². The summed E-state index contributed by atoms with van der Waals surface area (Å²) in [7, 11) is 1.32. The van der Waals surface area contributed by atoms with Crippen LogP contribution in [0, 0.1) is 0 Å². The molecule has 2 unspecified atom stereocenters. The molecular formula is C11H14N2O4S. The first kappa shape index (κ1) is 12.8. The Hall–Kier alpha value is -1.63. The summed E-state index contributed by atoms with van der Waals surface area (Å²) in [6.45, 7) is 1.67. The molecule has 1 aromatic heterocycles. The number of carboxylic acids is 1. The number of carboxylic acid groups (broad SMARTS) is 1. The Morgan fingerprint density at radius 3 is 2.94 bits per heavy atom. The molecule has 18 heavy (non-hydrogen) atoms. The standard InChI is InChI=1S/C11H14N2O4S/c1-5(10(16)17-2)12-11-13-8-6(9(14)15)3-4-7(8)18-11/h5-6H,3-4H2,1-2H3,(H,12,13)(H,14,15).